The smallest absolute Gasteiger partial charge is 0.230 e. The third kappa shape index (κ3) is 4.43. The second kappa shape index (κ2) is 8.05. The molecule has 26 heavy (non-hydrogen) atoms. The van der Waals surface area contributed by atoms with Crippen molar-refractivity contribution >= 4 is 33.8 Å². The van der Waals surface area contributed by atoms with Crippen molar-refractivity contribution < 1.29 is 13.6 Å². The quantitative estimate of drug-likeness (QED) is 0.646. The number of thiazole rings is 1. The van der Waals surface area contributed by atoms with Crippen molar-refractivity contribution in [3.63, 3.8) is 0 Å². The number of aromatic nitrogens is 1. The minimum Gasteiger partial charge on any atom is -0.332 e. The van der Waals surface area contributed by atoms with Crippen LogP contribution in [0.1, 0.15) is 18.2 Å². The van der Waals surface area contributed by atoms with Crippen LogP contribution in [0.5, 0.6) is 0 Å². The molecule has 0 saturated heterocycles. The summed E-state index contributed by atoms with van der Waals surface area (Å²) in [6.45, 7) is 2.09. The van der Waals surface area contributed by atoms with Gasteiger partial charge >= 0.3 is 0 Å². The summed E-state index contributed by atoms with van der Waals surface area (Å²) in [5.74, 6) is -2.15. The van der Waals surface area contributed by atoms with Crippen molar-refractivity contribution in [1.29, 1.82) is 0 Å². The lowest BCUT2D eigenvalue weighted by atomic mass is 10.1. The van der Waals surface area contributed by atoms with Crippen LogP contribution in [0.4, 0.5) is 25.3 Å². The molecule has 2 aromatic carbocycles. The van der Waals surface area contributed by atoms with Gasteiger partial charge in [-0.1, -0.05) is 25.1 Å². The summed E-state index contributed by atoms with van der Waals surface area (Å²) in [6.07, 6.45) is 0.903. The van der Waals surface area contributed by atoms with Gasteiger partial charge in [-0.25, -0.2) is 13.8 Å². The Bertz CT molecular complexity index is 889. The third-order valence-electron chi connectivity index (χ3n) is 3.73. The lowest BCUT2D eigenvalue weighted by molar-refractivity contribution is -0.115. The van der Waals surface area contributed by atoms with Gasteiger partial charge in [-0.15, -0.1) is 11.3 Å². The Hall–Kier alpha value is -2.80. The number of carbonyl (C=O) groups excluding carboxylic acids is 1. The molecule has 0 fully saturated rings. The number of anilines is 3. The Morgan fingerprint density at radius 3 is 2.46 bits per heavy atom. The molecule has 3 rings (SSSR count). The lowest BCUT2D eigenvalue weighted by Crippen LogP contribution is -2.16. The largest absolute Gasteiger partial charge is 0.332 e. The van der Waals surface area contributed by atoms with E-state index in [2.05, 4.69) is 22.5 Å². The average Bonchev–Trinajstić information content (AvgIpc) is 3.06. The second-order valence-corrected chi connectivity index (χ2v) is 6.50. The maximum absolute atomic E-state index is 13.6. The number of rotatable bonds is 6. The Kier molecular flexibility index (Phi) is 5.58. The van der Waals surface area contributed by atoms with E-state index in [1.165, 1.54) is 23.0 Å². The highest BCUT2D eigenvalue weighted by Crippen LogP contribution is 2.22. The molecule has 0 saturated carbocycles. The molecular formula is C19H17F2N3OS. The van der Waals surface area contributed by atoms with Crippen LogP contribution in [0.15, 0.2) is 47.8 Å². The van der Waals surface area contributed by atoms with Crippen LogP contribution in [-0.2, 0) is 17.6 Å². The first-order valence-corrected chi connectivity index (χ1v) is 8.97. The van der Waals surface area contributed by atoms with E-state index in [-0.39, 0.29) is 6.42 Å². The fourth-order valence-electron chi connectivity index (χ4n) is 2.36. The summed E-state index contributed by atoms with van der Waals surface area (Å²) in [5, 5.41) is 7.81. The molecule has 1 heterocycles. The third-order valence-corrected chi connectivity index (χ3v) is 4.54. The summed E-state index contributed by atoms with van der Waals surface area (Å²) in [4.78, 5) is 16.4. The van der Waals surface area contributed by atoms with E-state index in [9.17, 15) is 13.6 Å². The molecule has 3 aromatic rings. The highest BCUT2D eigenvalue weighted by molar-refractivity contribution is 7.13. The number of benzene rings is 2. The minimum absolute atomic E-state index is 0.0687. The first-order valence-electron chi connectivity index (χ1n) is 8.09. The monoisotopic (exact) mass is 373 g/mol. The summed E-state index contributed by atoms with van der Waals surface area (Å²) in [6, 6.07) is 11.4. The number of para-hydroxylation sites is 1. The molecule has 0 bridgehead atoms. The van der Waals surface area contributed by atoms with Crippen LogP contribution >= 0.6 is 11.3 Å². The first kappa shape index (κ1) is 18.0. The van der Waals surface area contributed by atoms with Crippen LogP contribution in [0.25, 0.3) is 0 Å². The Labute approximate surface area is 153 Å². The number of hydrogen-bond acceptors (Lipinski definition) is 4. The molecule has 7 heteroatoms. The van der Waals surface area contributed by atoms with E-state index < -0.39 is 23.2 Å². The molecule has 0 aliphatic heterocycles. The Balaban J connectivity index is 1.61. The number of aryl methyl sites for hydroxylation is 1. The zero-order chi connectivity index (χ0) is 18.5. The van der Waals surface area contributed by atoms with E-state index in [1.807, 2.05) is 24.3 Å². The highest BCUT2D eigenvalue weighted by Gasteiger charge is 2.13. The van der Waals surface area contributed by atoms with Gasteiger partial charge in [0, 0.05) is 11.1 Å². The summed E-state index contributed by atoms with van der Waals surface area (Å²) in [5.41, 5.74) is 2.23. The van der Waals surface area contributed by atoms with E-state index in [4.69, 9.17) is 0 Å². The van der Waals surface area contributed by atoms with Crippen LogP contribution in [-0.4, -0.2) is 10.9 Å². The van der Waals surface area contributed by atoms with Gasteiger partial charge in [-0.2, -0.15) is 0 Å². The zero-order valence-electron chi connectivity index (χ0n) is 14.1. The highest BCUT2D eigenvalue weighted by atomic mass is 32.1. The van der Waals surface area contributed by atoms with Gasteiger partial charge in [0.15, 0.2) is 5.13 Å². The minimum atomic E-state index is -0.811. The fourth-order valence-corrected chi connectivity index (χ4v) is 3.09. The van der Waals surface area contributed by atoms with Gasteiger partial charge in [0.1, 0.15) is 17.3 Å². The molecule has 0 spiro atoms. The predicted octanol–water partition coefficient (Wildman–Crippen LogP) is 4.91. The van der Waals surface area contributed by atoms with Gasteiger partial charge < -0.3 is 10.6 Å². The van der Waals surface area contributed by atoms with Gasteiger partial charge in [0.25, 0.3) is 0 Å². The molecule has 0 aliphatic carbocycles. The molecule has 0 radical (unpaired) electrons. The molecule has 0 atom stereocenters. The van der Waals surface area contributed by atoms with Crippen molar-refractivity contribution in [2.75, 3.05) is 10.6 Å². The fraction of sp³-hybridized carbons (Fsp3) is 0.158. The van der Waals surface area contributed by atoms with E-state index in [1.54, 1.807) is 5.38 Å². The maximum Gasteiger partial charge on any atom is 0.230 e. The number of nitrogens with zero attached hydrogens (tertiary/aromatic N) is 1. The van der Waals surface area contributed by atoms with E-state index in [0.29, 0.717) is 10.8 Å². The average molecular weight is 373 g/mol. The number of carbonyl (C=O) groups is 1. The van der Waals surface area contributed by atoms with Crippen LogP contribution in [0.3, 0.4) is 0 Å². The molecule has 4 nitrogen and oxygen atoms in total. The van der Waals surface area contributed by atoms with Gasteiger partial charge in [-0.3, -0.25) is 4.79 Å². The standard InChI is InChI=1S/C19H17F2N3OS/c1-2-12-6-8-13(9-7-12)22-19-23-14(11-26-19)10-17(25)24-18-15(20)4-3-5-16(18)21/h3-9,11H,2,10H2,1H3,(H,22,23)(H,24,25). The van der Waals surface area contributed by atoms with Crippen LogP contribution in [0.2, 0.25) is 0 Å². The normalized spacial score (nSPS) is 10.6. The lowest BCUT2D eigenvalue weighted by Gasteiger charge is -2.06. The predicted molar refractivity (Wildman–Crippen MR) is 99.9 cm³/mol. The van der Waals surface area contributed by atoms with E-state index >= 15 is 0 Å². The van der Waals surface area contributed by atoms with Crippen LogP contribution < -0.4 is 10.6 Å². The molecular weight excluding hydrogens is 356 g/mol. The summed E-state index contributed by atoms with van der Waals surface area (Å²) < 4.78 is 27.1. The molecule has 0 unspecified atom stereocenters. The number of hydrogen-bond donors (Lipinski definition) is 2. The van der Waals surface area contributed by atoms with Crippen molar-refractivity contribution in [1.82, 2.24) is 4.98 Å². The molecule has 134 valence electrons. The molecule has 1 amide bonds. The maximum atomic E-state index is 13.6. The molecule has 2 N–H and O–H groups in total. The van der Waals surface area contributed by atoms with Gasteiger partial charge in [0.05, 0.1) is 12.1 Å². The Morgan fingerprint density at radius 1 is 1.12 bits per heavy atom. The molecule has 1 aromatic heterocycles. The van der Waals surface area contributed by atoms with Gasteiger partial charge in [0.2, 0.25) is 5.91 Å². The summed E-state index contributed by atoms with van der Waals surface area (Å²) >= 11 is 1.36. The Morgan fingerprint density at radius 2 is 1.81 bits per heavy atom. The van der Waals surface area contributed by atoms with Gasteiger partial charge in [-0.05, 0) is 36.2 Å². The van der Waals surface area contributed by atoms with Crippen molar-refractivity contribution in [2.45, 2.75) is 19.8 Å². The number of amides is 1. The SMILES string of the molecule is CCc1ccc(Nc2nc(CC(=O)Nc3c(F)cccc3F)cs2)cc1. The summed E-state index contributed by atoms with van der Waals surface area (Å²) in [7, 11) is 0. The topological polar surface area (TPSA) is 54.0 Å². The van der Waals surface area contributed by atoms with Crippen molar-refractivity contribution in [3.05, 3.63) is 70.7 Å². The number of nitrogens with one attached hydrogen (secondary N) is 2. The van der Waals surface area contributed by atoms with Crippen LogP contribution in [0, 0.1) is 11.6 Å². The van der Waals surface area contributed by atoms with E-state index in [0.717, 1.165) is 24.2 Å². The zero-order valence-corrected chi connectivity index (χ0v) is 14.9. The molecule has 0 aliphatic rings. The first-order chi connectivity index (χ1) is 12.5. The van der Waals surface area contributed by atoms with Crippen molar-refractivity contribution in [2.24, 2.45) is 0 Å². The number of halogens is 2. The second-order valence-electron chi connectivity index (χ2n) is 5.64. The van der Waals surface area contributed by atoms with Crippen molar-refractivity contribution in [3.8, 4) is 0 Å².